The van der Waals surface area contributed by atoms with Crippen LogP contribution in [0.5, 0.6) is 0 Å². The zero-order valence-electron chi connectivity index (χ0n) is 12.6. The molecule has 124 valence electrons. The number of carbonyl (C=O) groups is 2. The van der Waals surface area contributed by atoms with Gasteiger partial charge in [0.1, 0.15) is 11.7 Å². The maximum atomic E-state index is 11.5. The highest BCUT2D eigenvalue weighted by atomic mass is 35.5. The zero-order valence-corrected chi connectivity index (χ0v) is 14.1. The second-order valence-corrected chi connectivity index (χ2v) is 6.34. The van der Waals surface area contributed by atoms with E-state index in [-0.39, 0.29) is 19.5 Å². The predicted octanol–water partition coefficient (Wildman–Crippen LogP) is 3.42. The zero-order chi connectivity index (χ0) is 17.2. The first-order valence-corrected chi connectivity index (χ1v) is 8.07. The largest absolute Gasteiger partial charge is 0.364 e. The molecule has 0 bridgehead atoms. The summed E-state index contributed by atoms with van der Waals surface area (Å²) in [5.41, 5.74) is 0.784. The van der Waals surface area contributed by atoms with Crippen LogP contribution in [-0.4, -0.2) is 31.4 Å². The Bertz CT molecular complexity index is 685. The number of halogens is 2. The molecule has 0 spiro atoms. The van der Waals surface area contributed by atoms with Gasteiger partial charge in [-0.25, -0.2) is 0 Å². The van der Waals surface area contributed by atoms with Gasteiger partial charge in [0.2, 0.25) is 5.78 Å². The van der Waals surface area contributed by atoms with Gasteiger partial charge in [0.15, 0.2) is 6.29 Å². The Morgan fingerprint density at radius 1 is 1.00 bits per heavy atom. The molecule has 1 atom stereocenters. The van der Waals surface area contributed by atoms with Crippen molar-refractivity contribution in [3.8, 4) is 0 Å². The van der Waals surface area contributed by atoms with Crippen molar-refractivity contribution in [2.75, 3.05) is 13.2 Å². The van der Waals surface area contributed by atoms with E-state index in [0.717, 1.165) is 11.1 Å². The van der Waals surface area contributed by atoms with Gasteiger partial charge in [-0.2, -0.15) is 0 Å². The fraction of sp³-hybridized carbons (Fsp3) is 0.222. The van der Waals surface area contributed by atoms with Crippen LogP contribution in [0.2, 0.25) is 10.0 Å². The first-order valence-electron chi connectivity index (χ1n) is 7.32. The molecule has 1 unspecified atom stereocenters. The van der Waals surface area contributed by atoms with Crippen LogP contribution in [0.25, 0.3) is 0 Å². The third-order valence-electron chi connectivity index (χ3n) is 4.02. The first kappa shape index (κ1) is 17.1. The van der Waals surface area contributed by atoms with Gasteiger partial charge in [-0.1, -0.05) is 47.5 Å². The van der Waals surface area contributed by atoms with E-state index in [1.54, 1.807) is 24.3 Å². The summed E-state index contributed by atoms with van der Waals surface area (Å²) in [5.74, 6) is -0.629. The third kappa shape index (κ3) is 3.23. The van der Waals surface area contributed by atoms with Crippen LogP contribution in [0, 0.1) is 0 Å². The van der Waals surface area contributed by atoms with Gasteiger partial charge < -0.3 is 9.47 Å². The smallest absolute Gasteiger partial charge is 0.226 e. The molecule has 0 aromatic heterocycles. The van der Waals surface area contributed by atoms with Crippen molar-refractivity contribution in [3.05, 3.63) is 69.7 Å². The number of hydrogen-bond acceptors (Lipinski definition) is 4. The van der Waals surface area contributed by atoms with E-state index in [2.05, 4.69) is 0 Å². The van der Waals surface area contributed by atoms with E-state index in [1.165, 1.54) is 0 Å². The molecule has 1 aliphatic rings. The predicted molar refractivity (Wildman–Crippen MR) is 90.4 cm³/mol. The molecular formula is C18H14Cl2O4. The van der Waals surface area contributed by atoms with Crippen LogP contribution in [0.15, 0.2) is 48.5 Å². The summed E-state index contributed by atoms with van der Waals surface area (Å²) in [4.78, 5) is 22.2. The van der Waals surface area contributed by atoms with Crippen LogP contribution in [0.1, 0.15) is 11.1 Å². The monoisotopic (exact) mass is 364 g/mol. The number of Topliss-reactive ketones (excluding diaryl/α,β-unsaturated/α-hetero) is 1. The number of benzene rings is 2. The average molecular weight is 365 g/mol. The molecule has 1 saturated heterocycles. The molecule has 1 heterocycles. The van der Waals surface area contributed by atoms with Gasteiger partial charge in [0.25, 0.3) is 0 Å². The Morgan fingerprint density at radius 3 is 1.88 bits per heavy atom. The standard InChI is InChI=1S/C18H14Cl2O4/c19-14-5-1-12(2-6-14)18(13-3-7-15(20)8-4-13)11-23-17(10-24-18)16(22)9-21/h1-9,17H,10-11H2. The molecule has 1 aliphatic heterocycles. The second kappa shape index (κ2) is 7.03. The molecule has 0 aliphatic carbocycles. The Hall–Kier alpha value is -1.72. The summed E-state index contributed by atoms with van der Waals surface area (Å²) in [6.45, 7) is 0.0866. The second-order valence-electron chi connectivity index (χ2n) is 5.47. The molecule has 0 amide bonds. The van der Waals surface area contributed by atoms with Gasteiger partial charge in [-0.05, 0) is 35.4 Å². The molecule has 0 saturated carbocycles. The normalized spacial score (nSPS) is 19.7. The van der Waals surface area contributed by atoms with Crippen LogP contribution in [-0.2, 0) is 24.7 Å². The van der Waals surface area contributed by atoms with Crippen molar-refractivity contribution in [1.29, 1.82) is 0 Å². The highest BCUT2D eigenvalue weighted by Crippen LogP contribution is 2.38. The summed E-state index contributed by atoms with van der Waals surface area (Å²) >= 11 is 11.9. The molecule has 2 aromatic rings. The van der Waals surface area contributed by atoms with Crippen LogP contribution in [0.3, 0.4) is 0 Å². The van der Waals surface area contributed by atoms with Crippen molar-refractivity contribution in [2.45, 2.75) is 11.7 Å². The molecular weight excluding hydrogens is 351 g/mol. The topological polar surface area (TPSA) is 52.6 Å². The lowest BCUT2D eigenvalue weighted by Crippen LogP contribution is -2.48. The third-order valence-corrected chi connectivity index (χ3v) is 4.53. The molecule has 0 N–H and O–H groups in total. The average Bonchev–Trinajstić information content (AvgIpc) is 2.62. The number of aldehydes is 1. The van der Waals surface area contributed by atoms with E-state index in [9.17, 15) is 9.59 Å². The van der Waals surface area contributed by atoms with Crippen molar-refractivity contribution in [3.63, 3.8) is 0 Å². The number of ether oxygens (including phenoxy) is 2. The number of hydrogen-bond donors (Lipinski definition) is 0. The minimum Gasteiger partial charge on any atom is -0.364 e. The van der Waals surface area contributed by atoms with Crippen molar-refractivity contribution >= 4 is 35.3 Å². The SMILES string of the molecule is O=CC(=O)C1COC(c2ccc(Cl)cc2)(c2ccc(Cl)cc2)CO1. The molecule has 0 radical (unpaired) electrons. The molecule has 4 nitrogen and oxygen atoms in total. The lowest BCUT2D eigenvalue weighted by molar-refractivity contribution is -0.183. The van der Waals surface area contributed by atoms with Gasteiger partial charge in [-0.15, -0.1) is 0 Å². The van der Waals surface area contributed by atoms with Gasteiger partial charge in [0.05, 0.1) is 13.2 Å². The fourth-order valence-electron chi connectivity index (χ4n) is 2.70. The molecule has 24 heavy (non-hydrogen) atoms. The van der Waals surface area contributed by atoms with Gasteiger partial charge >= 0.3 is 0 Å². The molecule has 3 rings (SSSR count). The highest BCUT2D eigenvalue weighted by Gasteiger charge is 2.42. The van der Waals surface area contributed by atoms with E-state index < -0.39 is 17.5 Å². The summed E-state index contributed by atoms with van der Waals surface area (Å²) in [5, 5.41) is 1.21. The number of ketones is 1. The van der Waals surface area contributed by atoms with E-state index in [0.29, 0.717) is 10.0 Å². The maximum Gasteiger partial charge on any atom is 0.226 e. The number of rotatable bonds is 4. The van der Waals surface area contributed by atoms with Crippen molar-refractivity contribution in [2.24, 2.45) is 0 Å². The van der Waals surface area contributed by atoms with E-state index >= 15 is 0 Å². The Morgan fingerprint density at radius 2 is 1.50 bits per heavy atom. The quantitative estimate of drug-likeness (QED) is 0.616. The highest BCUT2D eigenvalue weighted by molar-refractivity contribution is 6.30. The van der Waals surface area contributed by atoms with E-state index in [4.69, 9.17) is 32.7 Å². The van der Waals surface area contributed by atoms with Crippen LogP contribution in [0.4, 0.5) is 0 Å². The van der Waals surface area contributed by atoms with Gasteiger partial charge in [-0.3, -0.25) is 9.59 Å². The minimum atomic E-state index is -0.894. The molecule has 1 fully saturated rings. The molecule has 6 heteroatoms. The summed E-state index contributed by atoms with van der Waals surface area (Å²) in [6, 6.07) is 14.5. The van der Waals surface area contributed by atoms with E-state index in [1.807, 2.05) is 24.3 Å². The Balaban J connectivity index is 1.99. The summed E-state index contributed by atoms with van der Waals surface area (Å²) in [7, 11) is 0. The van der Waals surface area contributed by atoms with Crippen LogP contribution >= 0.6 is 23.2 Å². The maximum absolute atomic E-state index is 11.5. The van der Waals surface area contributed by atoms with Crippen molar-refractivity contribution in [1.82, 2.24) is 0 Å². The number of carbonyl (C=O) groups excluding carboxylic acids is 2. The fourth-order valence-corrected chi connectivity index (χ4v) is 2.96. The van der Waals surface area contributed by atoms with Crippen LogP contribution < -0.4 is 0 Å². The lowest BCUT2D eigenvalue weighted by atomic mass is 9.86. The lowest BCUT2D eigenvalue weighted by Gasteiger charge is -2.40. The summed E-state index contributed by atoms with van der Waals surface area (Å²) < 4.78 is 11.7. The Kier molecular flexibility index (Phi) is 5.01. The molecule has 2 aromatic carbocycles. The summed E-state index contributed by atoms with van der Waals surface area (Å²) in [6.07, 6.45) is -0.624. The van der Waals surface area contributed by atoms with Crippen molar-refractivity contribution < 1.29 is 19.1 Å². The minimum absolute atomic E-state index is 0.0111. The van der Waals surface area contributed by atoms with Gasteiger partial charge in [0, 0.05) is 10.0 Å². The Labute approximate surface area is 149 Å². The first-order chi connectivity index (χ1) is 11.5.